The minimum atomic E-state index is -0.495. The second-order valence-corrected chi connectivity index (χ2v) is 7.54. The summed E-state index contributed by atoms with van der Waals surface area (Å²) in [6, 6.07) is 16.5. The Bertz CT molecular complexity index is 888. The van der Waals surface area contributed by atoms with Gasteiger partial charge in [0.05, 0.1) is 0 Å². The molecule has 1 heterocycles. The summed E-state index contributed by atoms with van der Waals surface area (Å²) in [5.41, 5.74) is 3.93. The Morgan fingerprint density at radius 2 is 1.79 bits per heavy atom. The second kappa shape index (κ2) is 8.42. The van der Waals surface area contributed by atoms with E-state index in [-0.39, 0.29) is 11.8 Å². The highest BCUT2D eigenvalue weighted by Crippen LogP contribution is 2.33. The number of rotatable bonds is 5. The Hall–Kier alpha value is -2.88. The molecule has 144 valence electrons. The molecule has 2 aromatic carbocycles. The number of anilines is 1. The number of nitrogens with one attached hydrogen (secondary N) is 1. The van der Waals surface area contributed by atoms with Gasteiger partial charge in [-0.25, -0.2) is 0 Å². The second-order valence-electron chi connectivity index (χ2n) is 7.54. The third-order valence-corrected chi connectivity index (χ3v) is 5.65. The topological polar surface area (TPSA) is 49.4 Å². The zero-order valence-corrected chi connectivity index (χ0v) is 16.1. The molecule has 0 bridgehead atoms. The highest BCUT2D eigenvalue weighted by atomic mass is 16.2. The van der Waals surface area contributed by atoms with Crippen LogP contribution in [0.5, 0.6) is 0 Å². The van der Waals surface area contributed by atoms with Crippen molar-refractivity contribution in [3.05, 3.63) is 77.4 Å². The lowest BCUT2D eigenvalue weighted by molar-refractivity contribution is -0.122. The van der Waals surface area contributed by atoms with Gasteiger partial charge in [0.1, 0.15) is 6.04 Å². The van der Waals surface area contributed by atoms with E-state index in [0.29, 0.717) is 18.5 Å². The van der Waals surface area contributed by atoms with Gasteiger partial charge >= 0.3 is 0 Å². The maximum absolute atomic E-state index is 13.2. The largest absolute Gasteiger partial charge is 0.354 e. The molecule has 4 nitrogen and oxygen atoms in total. The van der Waals surface area contributed by atoms with E-state index in [2.05, 4.69) is 11.4 Å². The van der Waals surface area contributed by atoms with Crippen molar-refractivity contribution in [3.8, 4) is 0 Å². The van der Waals surface area contributed by atoms with E-state index in [0.717, 1.165) is 30.5 Å². The van der Waals surface area contributed by atoms with E-state index in [9.17, 15) is 9.59 Å². The highest BCUT2D eigenvalue weighted by molar-refractivity contribution is 6.11. The summed E-state index contributed by atoms with van der Waals surface area (Å²) in [7, 11) is 0. The van der Waals surface area contributed by atoms with Gasteiger partial charge < -0.3 is 5.32 Å². The maximum Gasteiger partial charge on any atom is 0.259 e. The average molecular weight is 374 g/mol. The van der Waals surface area contributed by atoms with Crippen LogP contribution in [-0.2, 0) is 11.2 Å². The zero-order chi connectivity index (χ0) is 19.3. The molecule has 1 atom stereocenters. The summed E-state index contributed by atoms with van der Waals surface area (Å²) in [6.07, 6.45) is 8.58. The maximum atomic E-state index is 13.2. The number of allylic oxidation sites excluding steroid dienone is 1. The SMILES string of the molecule is O=C(NCCC1=CCCCC1)[C@H]1Cc2ccccc2N1C(=O)c1ccccc1. The fourth-order valence-corrected chi connectivity index (χ4v) is 4.16. The number of fused-ring (bicyclic) bond motifs is 1. The summed E-state index contributed by atoms with van der Waals surface area (Å²) >= 11 is 0. The summed E-state index contributed by atoms with van der Waals surface area (Å²) in [5.74, 6) is -0.197. The first-order valence-corrected chi connectivity index (χ1v) is 10.2. The summed E-state index contributed by atoms with van der Waals surface area (Å²) in [5, 5.41) is 3.07. The number of nitrogens with zero attached hydrogens (tertiary/aromatic N) is 1. The molecule has 4 rings (SSSR count). The molecule has 0 spiro atoms. The predicted molar refractivity (Wildman–Crippen MR) is 111 cm³/mol. The van der Waals surface area contributed by atoms with Crippen molar-refractivity contribution in [3.63, 3.8) is 0 Å². The number of carbonyl (C=O) groups is 2. The van der Waals surface area contributed by atoms with Gasteiger partial charge in [-0.2, -0.15) is 0 Å². The lowest BCUT2D eigenvalue weighted by Crippen LogP contribution is -2.48. The van der Waals surface area contributed by atoms with E-state index in [1.54, 1.807) is 17.0 Å². The first-order chi connectivity index (χ1) is 13.7. The molecule has 1 aliphatic carbocycles. The van der Waals surface area contributed by atoms with Gasteiger partial charge in [0.2, 0.25) is 5.91 Å². The van der Waals surface area contributed by atoms with Crippen molar-refractivity contribution in [1.82, 2.24) is 5.32 Å². The molecule has 0 aromatic heterocycles. The van der Waals surface area contributed by atoms with Crippen LogP contribution in [0.4, 0.5) is 5.69 Å². The molecular formula is C24H26N2O2. The predicted octanol–water partition coefficient (Wildman–Crippen LogP) is 4.26. The van der Waals surface area contributed by atoms with Crippen LogP contribution in [-0.4, -0.2) is 24.4 Å². The highest BCUT2D eigenvalue weighted by Gasteiger charge is 2.38. The fourth-order valence-electron chi connectivity index (χ4n) is 4.16. The van der Waals surface area contributed by atoms with Gasteiger partial charge in [-0.3, -0.25) is 14.5 Å². The van der Waals surface area contributed by atoms with Crippen LogP contribution in [0, 0.1) is 0 Å². The molecule has 1 aliphatic heterocycles. The molecule has 0 saturated heterocycles. The van der Waals surface area contributed by atoms with Gasteiger partial charge in [0.25, 0.3) is 5.91 Å². The Balaban J connectivity index is 1.49. The number of hydrogen-bond donors (Lipinski definition) is 1. The molecular weight excluding hydrogens is 348 g/mol. The number of hydrogen-bond acceptors (Lipinski definition) is 2. The van der Waals surface area contributed by atoms with Gasteiger partial charge in [-0.1, -0.05) is 48.0 Å². The first-order valence-electron chi connectivity index (χ1n) is 10.2. The van der Waals surface area contributed by atoms with E-state index < -0.39 is 6.04 Å². The van der Waals surface area contributed by atoms with E-state index in [1.165, 1.54) is 18.4 Å². The summed E-state index contributed by atoms with van der Waals surface area (Å²) in [6.45, 7) is 0.630. The van der Waals surface area contributed by atoms with E-state index in [4.69, 9.17) is 0 Å². The van der Waals surface area contributed by atoms with Crippen LogP contribution in [0.2, 0.25) is 0 Å². The third kappa shape index (κ3) is 3.86. The Labute approximate surface area is 166 Å². The monoisotopic (exact) mass is 374 g/mol. The van der Waals surface area contributed by atoms with Crippen molar-refractivity contribution in [2.45, 2.75) is 44.6 Å². The normalized spacial score (nSPS) is 18.4. The third-order valence-electron chi connectivity index (χ3n) is 5.65. The Kier molecular flexibility index (Phi) is 5.56. The number of para-hydroxylation sites is 1. The minimum Gasteiger partial charge on any atom is -0.354 e. The molecule has 2 amide bonds. The number of carbonyl (C=O) groups excluding carboxylic acids is 2. The average Bonchev–Trinajstić information content (AvgIpc) is 3.14. The van der Waals surface area contributed by atoms with Gasteiger partial charge in [-0.15, -0.1) is 0 Å². The molecule has 0 saturated carbocycles. The Morgan fingerprint density at radius 1 is 1.00 bits per heavy atom. The van der Waals surface area contributed by atoms with Crippen LogP contribution in [0.25, 0.3) is 0 Å². The summed E-state index contributed by atoms with van der Waals surface area (Å²) < 4.78 is 0. The molecule has 1 N–H and O–H groups in total. The van der Waals surface area contributed by atoms with E-state index in [1.807, 2.05) is 42.5 Å². The Morgan fingerprint density at radius 3 is 2.57 bits per heavy atom. The lowest BCUT2D eigenvalue weighted by Gasteiger charge is -2.25. The minimum absolute atomic E-state index is 0.0723. The molecule has 4 heteroatoms. The molecule has 2 aliphatic rings. The molecule has 0 unspecified atom stereocenters. The molecule has 2 aromatic rings. The van der Waals surface area contributed by atoms with Crippen LogP contribution >= 0.6 is 0 Å². The molecule has 0 radical (unpaired) electrons. The van der Waals surface area contributed by atoms with Gasteiger partial charge in [-0.05, 0) is 55.9 Å². The van der Waals surface area contributed by atoms with Gasteiger partial charge in [0, 0.05) is 24.2 Å². The zero-order valence-electron chi connectivity index (χ0n) is 16.1. The van der Waals surface area contributed by atoms with Crippen molar-refractivity contribution >= 4 is 17.5 Å². The van der Waals surface area contributed by atoms with E-state index >= 15 is 0 Å². The fraction of sp³-hybridized carbons (Fsp3) is 0.333. The van der Waals surface area contributed by atoms with Crippen molar-refractivity contribution in [2.24, 2.45) is 0 Å². The van der Waals surface area contributed by atoms with Crippen LogP contribution < -0.4 is 10.2 Å². The van der Waals surface area contributed by atoms with Crippen LogP contribution in [0.1, 0.15) is 48.0 Å². The van der Waals surface area contributed by atoms with Crippen molar-refractivity contribution in [1.29, 1.82) is 0 Å². The molecule has 28 heavy (non-hydrogen) atoms. The van der Waals surface area contributed by atoms with Crippen LogP contribution in [0.3, 0.4) is 0 Å². The smallest absolute Gasteiger partial charge is 0.259 e. The summed E-state index contributed by atoms with van der Waals surface area (Å²) in [4.78, 5) is 27.8. The van der Waals surface area contributed by atoms with Crippen molar-refractivity contribution < 1.29 is 9.59 Å². The quantitative estimate of drug-likeness (QED) is 0.795. The lowest BCUT2D eigenvalue weighted by atomic mass is 9.97. The standard InChI is InChI=1S/C24H26N2O2/c27-23(25-16-15-18-9-3-1-4-10-18)22-17-20-13-7-8-14-21(20)26(22)24(28)19-11-5-2-6-12-19/h2,5-9,11-14,22H,1,3-4,10,15-17H2,(H,25,27)/t22-/m1/s1. The molecule has 0 fully saturated rings. The van der Waals surface area contributed by atoms with Crippen LogP contribution in [0.15, 0.2) is 66.2 Å². The number of benzene rings is 2. The van der Waals surface area contributed by atoms with Crippen molar-refractivity contribution in [2.75, 3.05) is 11.4 Å². The first kappa shape index (κ1) is 18.5. The van der Waals surface area contributed by atoms with Gasteiger partial charge in [0.15, 0.2) is 0 Å². The number of amides is 2.